The molecule has 0 aliphatic rings. The molecule has 0 atom stereocenters. The van der Waals surface area contributed by atoms with Crippen molar-refractivity contribution in [3.63, 3.8) is 0 Å². The largest absolute Gasteiger partial charge is 0.435 e. The first kappa shape index (κ1) is 20.9. The number of hydrogen-bond donors (Lipinski definition) is 2. The number of nitro groups is 1. The van der Waals surface area contributed by atoms with Crippen LogP contribution in [-0.4, -0.2) is 36.3 Å². The number of hydrogen-bond acceptors (Lipinski definition) is 6. The maximum atomic E-state index is 12.6. The van der Waals surface area contributed by atoms with E-state index >= 15 is 0 Å². The third kappa shape index (κ3) is 5.78. The van der Waals surface area contributed by atoms with Crippen molar-refractivity contribution in [1.29, 1.82) is 0 Å². The molecule has 0 bridgehead atoms. The fraction of sp³-hybridized carbons (Fsp3) is 0.429. The minimum absolute atomic E-state index is 0.0578. The molecule has 28 heavy (non-hydrogen) atoms. The molecule has 2 heterocycles. The molecule has 0 spiro atoms. The lowest BCUT2D eigenvalue weighted by molar-refractivity contribution is -0.385. The van der Waals surface area contributed by atoms with Gasteiger partial charge in [0.25, 0.3) is 0 Å². The number of amides is 2. The van der Waals surface area contributed by atoms with Crippen LogP contribution < -0.4 is 10.9 Å². The van der Waals surface area contributed by atoms with Crippen molar-refractivity contribution >= 4 is 17.5 Å². The first-order valence-corrected chi connectivity index (χ1v) is 7.92. The molecular weight excluding hydrogens is 387 g/mol. The molecule has 2 rings (SSSR count). The minimum atomic E-state index is -4.57. The maximum Gasteiger partial charge on any atom is 0.435 e. The van der Waals surface area contributed by atoms with Crippen LogP contribution in [0.5, 0.6) is 0 Å². The first-order chi connectivity index (χ1) is 13.1. The van der Waals surface area contributed by atoms with E-state index in [0.717, 1.165) is 23.1 Å². The summed E-state index contributed by atoms with van der Waals surface area (Å²) in [7, 11) is 0. The molecule has 0 radical (unpaired) electrons. The summed E-state index contributed by atoms with van der Waals surface area (Å²) in [5.41, 5.74) is 3.26. The summed E-state index contributed by atoms with van der Waals surface area (Å²) in [6, 6.07) is 0.874. The van der Waals surface area contributed by atoms with Gasteiger partial charge in [0, 0.05) is 18.5 Å². The van der Waals surface area contributed by atoms with Gasteiger partial charge >= 0.3 is 11.9 Å². The highest BCUT2D eigenvalue weighted by atomic mass is 19.4. The van der Waals surface area contributed by atoms with Crippen molar-refractivity contribution in [1.82, 2.24) is 30.4 Å². The lowest BCUT2D eigenvalue weighted by Crippen LogP contribution is -2.42. The van der Waals surface area contributed by atoms with Gasteiger partial charge in [-0.15, -0.1) is 0 Å². The topological polar surface area (TPSA) is 137 Å². The van der Waals surface area contributed by atoms with Crippen molar-refractivity contribution in [2.24, 2.45) is 0 Å². The van der Waals surface area contributed by atoms with E-state index in [0.29, 0.717) is 0 Å². The number of halogens is 3. The number of nitrogens with zero attached hydrogens (tertiary/aromatic N) is 5. The number of aryl methyl sites for hydroxylation is 3. The average Bonchev–Trinajstić information content (AvgIpc) is 3.22. The highest BCUT2D eigenvalue weighted by Crippen LogP contribution is 2.28. The third-order valence-corrected chi connectivity index (χ3v) is 3.56. The number of carbonyl (C=O) groups excluding carboxylic acids is 2. The zero-order chi connectivity index (χ0) is 20.9. The van der Waals surface area contributed by atoms with E-state index in [1.54, 1.807) is 0 Å². The average molecular weight is 403 g/mol. The Balaban J connectivity index is 1.72. The van der Waals surface area contributed by atoms with Crippen LogP contribution in [0.15, 0.2) is 18.5 Å². The second-order valence-corrected chi connectivity index (χ2v) is 5.71. The number of nitrogens with one attached hydrogen (secondary N) is 2. The molecule has 0 unspecified atom stereocenters. The molecule has 11 nitrogen and oxygen atoms in total. The summed E-state index contributed by atoms with van der Waals surface area (Å²) >= 11 is 0. The Morgan fingerprint density at radius 1 is 1.21 bits per heavy atom. The van der Waals surface area contributed by atoms with Crippen LogP contribution in [0.25, 0.3) is 0 Å². The van der Waals surface area contributed by atoms with Crippen molar-refractivity contribution < 1.29 is 27.7 Å². The van der Waals surface area contributed by atoms with Crippen LogP contribution in [0.1, 0.15) is 24.2 Å². The second-order valence-electron chi connectivity index (χ2n) is 5.71. The van der Waals surface area contributed by atoms with E-state index < -0.39 is 28.6 Å². The Morgan fingerprint density at radius 3 is 2.32 bits per heavy atom. The van der Waals surface area contributed by atoms with Crippen molar-refractivity contribution in [2.45, 2.75) is 39.0 Å². The van der Waals surface area contributed by atoms with Crippen LogP contribution in [0.3, 0.4) is 0 Å². The monoisotopic (exact) mass is 403 g/mol. The smallest absolute Gasteiger partial charge is 0.273 e. The van der Waals surface area contributed by atoms with Crippen molar-refractivity contribution in [3.05, 3.63) is 40.0 Å². The Kier molecular flexibility index (Phi) is 6.33. The summed E-state index contributed by atoms with van der Waals surface area (Å²) < 4.78 is 40.0. The van der Waals surface area contributed by atoms with E-state index in [9.17, 15) is 32.9 Å². The lowest BCUT2D eigenvalue weighted by Gasteiger charge is -2.08. The van der Waals surface area contributed by atoms with E-state index in [1.165, 1.54) is 11.6 Å². The molecule has 14 heteroatoms. The molecule has 152 valence electrons. The Bertz CT molecular complexity index is 875. The van der Waals surface area contributed by atoms with Gasteiger partial charge in [-0.25, -0.2) is 0 Å². The lowest BCUT2D eigenvalue weighted by atomic mass is 10.3. The van der Waals surface area contributed by atoms with Crippen LogP contribution >= 0.6 is 0 Å². The molecule has 0 fully saturated rings. The van der Waals surface area contributed by atoms with Gasteiger partial charge in [0.15, 0.2) is 5.69 Å². The number of carbonyl (C=O) groups is 2. The molecule has 0 aliphatic heterocycles. The molecule has 0 saturated carbocycles. The Labute approximate surface area is 155 Å². The minimum Gasteiger partial charge on any atom is -0.273 e. The van der Waals surface area contributed by atoms with E-state index in [4.69, 9.17) is 0 Å². The Morgan fingerprint density at radius 2 is 1.82 bits per heavy atom. The Hall–Kier alpha value is -3.45. The molecule has 2 aromatic heterocycles. The molecular formula is C14H16F3N7O4. The quantitative estimate of drug-likeness (QED) is 0.521. The zero-order valence-electron chi connectivity index (χ0n) is 14.6. The summed E-state index contributed by atoms with van der Waals surface area (Å²) in [6.45, 7) is 1.39. The summed E-state index contributed by atoms with van der Waals surface area (Å²) in [6.07, 6.45) is -2.67. The summed E-state index contributed by atoms with van der Waals surface area (Å²) in [4.78, 5) is 33.3. The van der Waals surface area contributed by atoms with Gasteiger partial charge in [0.2, 0.25) is 11.8 Å². The molecule has 2 aromatic rings. The zero-order valence-corrected chi connectivity index (χ0v) is 14.6. The second kappa shape index (κ2) is 8.49. The summed E-state index contributed by atoms with van der Waals surface area (Å²) in [5, 5.41) is 17.6. The predicted octanol–water partition coefficient (Wildman–Crippen LogP) is 0.943. The number of rotatable bonds is 7. The molecule has 0 aromatic carbocycles. The van der Waals surface area contributed by atoms with Crippen LogP contribution in [0.4, 0.5) is 18.9 Å². The van der Waals surface area contributed by atoms with Gasteiger partial charge in [-0.3, -0.25) is 39.9 Å². The maximum absolute atomic E-state index is 12.6. The SMILES string of the molecule is Cc1cc(C(F)(F)F)nn1CCC(=O)NNC(=O)CCn1cc([N+](=O)[O-])cn1. The van der Waals surface area contributed by atoms with Crippen molar-refractivity contribution in [2.75, 3.05) is 0 Å². The van der Waals surface area contributed by atoms with Crippen LogP contribution in [0.2, 0.25) is 0 Å². The van der Waals surface area contributed by atoms with Gasteiger partial charge in [-0.2, -0.15) is 23.4 Å². The molecule has 2 amide bonds. The van der Waals surface area contributed by atoms with Gasteiger partial charge in [0.1, 0.15) is 12.4 Å². The highest BCUT2D eigenvalue weighted by Gasteiger charge is 2.34. The fourth-order valence-corrected chi connectivity index (χ4v) is 2.13. The van der Waals surface area contributed by atoms with E-state index in [-0.39, 0.29) is 37.3 Å². The third-order valence-electron chi connectivity index (χ3n) is 3.56. The normalized spacial score (nSPS) is 11.3. The van der Waals surface area contributed by atoms with Gasteiger partial charge in [-0.1, -0.05) is 0 Å². The number of hydrazine groups is 1. The first-order valence-electron chi connectivity index (χ1n) is 7.92. The van der Waals surface area contributed by atoms with E-state index in [1.807, 2.05) is 0 Å². The van der Waals surface area contributed by atoms with Crippen LogP contribution in [0, 0.1) is 17.0 Å². The van der Waals surface area contributed by atoms with E-state index in [2.05, 4.69) is 21.0 Å². The standard InChI is InChI=1S/C14H16F3N7O4/c1-9-6-11(14(15,16)17)21-23(9)5-3-13(26)20-19-12(25)2-4-22-8-10(7-18-22)24(27)28/h6-8H,2-5H2,1H3,(H,19,25)(H,20,26). The van der Waals surface area contributed by atoms with Gasteiger partial charge in [-0.05, 0) is 13.0 Å². The van der Waals surface area contributed by atoms with Crippen molar-refractivity contribution in [3.8, 4) is 0 Å². The molecule has 2 N–H and O–H groups in total. The molecule has 0 aliphatic carbocycles. The van der Waals surface area contributed by atoms with Gasteiger partial charge < -0.3 is 0 Å². The summed E-state index contributed by atoms with van der Waals surface area (Å²) in [5.74, 6) is -1.19. The van der Waals surface area contributed by atoms with Crippen LogP contribution in [-0.2, 0) is 28.9 Å². The predicted molar refractivity (Wildman–Crippen MR) is 86.4 cm³/mol. The number of aromatic nitrogens is 4. The fourth-order valence-electron chi connectivity index (χ4n) is 2.13. The number of alkyl halides is 3. The van der Waals surface area contributed by atoms with Gasteiger partial charge in [0.05, 0.1) is 18.0 Å². The molecule has 0 saturated heterocycles. The highest BCUT2D eigenvalue weighted by molar-refractivity contribution is 5.81.